The maximum atomic E-state index is 5.98. The SMILES string of the molecule is c1ccc(NC(=NCC2CN(C3CC3)CCO2)N2CCCCC2)cc1. The Labute approximate surface area is 151 Å². The molecule has 5 heteroatoms. The van der Waals surface area contributed by atoms with E-state index in [-0.39, 0.29) is 6.10 Å². The van der Waals surface area contributed by atoms with Crippen molar-refractivity contribution in [3.05, 3.63) is 30.3 Å². The van der Waals surface area contributed by atoms with Crippen LogP contribution in [0.3, 0.4) is 0 Å². The van der Waals surface area contributed by atoms with Crippen molar-refractivity contribution in [1.82, 2.24) is 9.80 Å². The Morgan fingerprint density at radius 2 is 1.88 bits per heavy atom. The predicted octanol–water partition coefficient (Wildman–Crippen LogP) is 2.80. The van der Waals surface area contributed by atoms with Crippen molar-refractivity contribution in [2.45, 2.75) is 44.2 Å². The van der Waals surface area contributed by atoms with Gasteiger partial charge in [0.15, 0.2) is 5.96 Å². The van der Waals surface area contributed by atoms with Crippen molar-refractivity contribution < 1.29 is 4.74 Å². The Morgan fingerprint density at radius 3 is 2.64 bits per heavy atom. The number of hydrogen-bond donors (Lipinski definition) is 1. The third-order valence-electron chi connectivity index (χ3n) is 5.36. The predicted molar refractivity (Wildman–Crippen MR) is 102 cm³/mol. The summed E-state index contributed by atoms with van der Waals surface area (Å²) in [6.07, 6.45) is 6.80. The van der Waals surface area contributed by atoms with Crippen molar-refractivity contribution in [3.8, 4) is 0 Å². The number of ether oxygens (including phenoxy) is 1. The zero-order valence-corrected chi connectivity index (χ0v) is 15.1. The summed E-state index contributed by atoms with van der Waals surface area (Å²) in [5, 5.41) is 3.54. The first-order valence-corrected chi connectivity index (χ1v) is 9.85. The number of piperidine rings is 1. The normalized spacial score (nSPS) is 25.8. The van der Waals surface area contributed by atoms with Crippen LogP contribution in [0.1, 0.15) is 32.1 Å². The molecule has 0 aromatic heterocycles. The van der Waals surface area contributed by atoms with E-state index >= 15 is 0 Å². The first-order valence-electron chi connectivity index (χ1n) is 9.85. The molecule has 0 radical (unpaired) electrons. The van der Waals surface area contributed by atoms with Crippen molar-refractivity contribution in [2.24, 2.45) is 4.99 Å². The number of hydrogen-bond acceptors (Lipinski definition) is 3. The minimum absolute atomic E-state index is 0.228. The Bertz CT molecular complexity index is 566. The molecular formula is C20H30N4O. The van der Waals surface area contributed by atoms with Crippen LogP contribution in [-0.2, 0) is 4.74 Å². The number of aliphatic imine (C=N–C) groups is 1. The summed E-state index contributed by atoms with van der Waals surface area (Å²) in [6, 6.07) is 11.2. The third-order valence-corrected chi connectivity index (χ3v) is 5.36. The number of nitrogens with one attached hydrogen (secondary N) is 1. The maximum absolute atomic E-state index is 5.98. The molecule has 0 spiro atoms. The van der Waals surface area contributed by atoms with Gasteiger partial charge in [-0.3, -0.25) is 9.89 Å². The first-order chi connectivity index (χ1) is 12.4. The fraction of sp³-hybridized carbons (Fsp3) is 0.650. The molecule has 1 atom stereocenters. The van der Waals surface area contributed by atoms with Crippen LogP contribution in [0.15, 0.2) is 35.3 Å². The van der Waals surface area contributed by atoms with Crippen LogP contribution >= 0.6 is 0 Å². The summed E-state index contributed by atoms with van der Waals surface area (Å²) in [4.78, 5) is 9.95. The summed E-state index contributed by atoms with van der Waals surface area (Å²) < 4.78 is 5.98. The minimum Gasteiger partial charge on any atom is -0.374 e. The largest absolute Gasteiger partial charge is 0.374 e. The molecule has 1 aromatic carbocycles. The van der Waals surface area contributed by atoms with Gasteiger partial charge in [-0.15, -0.1) is 0 Å². The molecule has 5 nitrogen and oxygen atoms in total. The molecule has 2 saturated heterocycles. The molecule has 0 bridgehead atoms. The van der Waals surface area contributed by atoms with Crippen molar-refractivity contribution in [1.29, 1.82) is 0 Å². The molecule has 1 unspecified atom stereocenters. The fourth-order valence-corrected chi connectivity index (χ4v) is 3.79. The number of anilines is 1. The van der Waals surface area contributed by atoms with E-state index in [0.717, 1.165) is 57.0 Å². The van der Waals surface area contributed by atoms with Crippen LogP contribution in [0, 0.1) is 0 Å². The van der Waals surface area contributed by atoms with Crippen molar-refractivity contribution in [2.75, 3.05) is 44.6 Å². The summed E-state index contributed by atoms with van der Waals surface area (Å²) in [7, 11) is 0. The van der Waals surface area contributed by atoms with E-state index < -0.39 is 0 Å². The lowest BCUT2D eigenvalue weighted by Gasteiger charge is -2.33. The summed E-state index contributed by atoms with van der Waals surface area (Å²) >= 11 is 0. The molecule has 25 heavy (non-hydrogen) atoms. The Morgan fingerprint density at radius 1 is 1.08 bits per heavy atom. The molecule has 2 heterocycles. The van der Waals surface area contributed by atoms with Gasteiger partial charge in [0, 0.05) is 37.9 Å². The molecular weight excluding hydrogens is 312 g/mol. The van der Waals surface area contributed by atoms with Gasteiger partial charge >= 0.3 is 0 Å². The summed E-state index contributed by atoms with van der Waals surface area (Å²) in [6.45, 7) is 5.91. The van der Waals surface area contributed by atoms with E-state index in [1.54, 1.807) is 0 Å². The molecule has 136 valence electrons. The van der Waals surface area contributed by atoms with Gasteiger partial charge in [-0.2, -0.15) is 0 Å². The van der Waals surface area contributed by atoms with Gasteiger partial charge in [0.2, 0.25) is 0 Å². The number of guanidine groups is 1. The van der Waals surface area contributed by atoms with Gasteiger partial charge < -0.3 is 15.0 Å². The maximum Gasteiger partial charge on any atom is 0.198 e. The van der Waals surface area contributed by atoms with Crippen LogP contribution in [0.4, 0.5) is 5.69 Å². The lowest BCUT2D eigenvalue weighted by molar-refractivity contribution is -0.0259. The van der Waals surface area contributed by atoms with Gasteiger partial charge in [-0.1, -0.05) is 18.2 Å². The third kappa shape index (κ3) is 4.73. The topological polar surface area (TPSA) is 40.1 Å². The molecule has 3 aliphatic rings. The van der Waals surface area contributed by atoms with Gasteiger partial charge in [0.25, 0.3) is 0 Å². The highest BCUT2D eigenvalue weighted by molar-refractivity contribution is 5.93. The van der Waals surface area contributed by atoms with Crippen LogP contribution in [-0.4, -0.2) is 67.2 Å². The van der Waals surface area contributed by atoms with E-state index in [0.29, 0.717) is 0 Å². The van der Waals surface area contributed by atoms with E-state index in [2.05, 4.69) is 39.4 Å². The molecule has 1 saturated carbocycles. The zero-order chi connectivity index (χ0) is 16.9. The molecule has 1 aromatic rings. The molecule has 3 fully saturated rings. The quantitative estimate of drug-likeness (QED) is 0.675. The first kappa shape index (κ1) is 16.9. The number of benzene rings is 1. The highest BCUT2D eigenvalue weighted by Gasteiger charge is 2.32. The lowest BCUT2D eigenvalue weighted by Crippen LogP contribution is -2.45. The van der Waals surface area contributed by atoms with E-state index in [4.69, 9.17) is 9.73 Å². The second kappa shape index (κ2) is 8.19. The molecule has 1 N–H and O–H groups in total. The van der Waals surface area contributed by atoms with Gasteiger partial charge in [-0.05, 0) is 44.2 Å². The van der Waals surface area contributed by atoms with Crippen molar-refractivity contribution >= 4 is 11.6 Å². The smallest absolute Gasteiger partial charge is 0.198 e. The average molecular weight is 342 g/mol. The van der Waals surface area contributed by atoms with E-state index in [1.165, 1.54) is 32.1 Å². The average Bonchev–Trinajstić information content (AvgIpc) is 3.52. The van der Waals surface area contributed by atoms with E-state index in [9.17, 15) is 0 Å². The van der Waals surface area contributed by atoms with Gasteiger partial charge in [0.05, 0.1) is 19.3 Å². The Kier molecular flexibility index (Phi) is 5.52. The van der Waals surface area contributed by atoms with Crippen LogP contribution in [0.5, 0.6) is 0 Å². The number of para-hydroxylation sites is 1. The standard InChI is InChI=1S/C20H30N4O/c1-3-7-17(8-4-1)22-20(23-11-5-2-6-12-23)21-15-19-16-24(13-14-25-19)18-9-10-18/h1,3-4,7-8,18-19H,2,5-6,9-16H2,(H,21,22). The van der Waals surface area contributed by atoms with Crippen LogP contribution < -0.4 is 5.32 Å². The summed E-state index contributed by atoms with van der Waals surface area (Å²) in [5.74, 6) is 1.01. The number of morpholine rings is 1. The molecule has 1 aliphatic carbocycles. The monoisotopic (exact) mass is 342 g/mol. The Hall–Kier alpha value is -1.59. The second-order valence-electron chi connectivity index (χ2n) is 7.42. The molecule has 0 amide bonds. The van der Waals surface area contributed by atoms with Gasteiger partial charge in [0.1, 0.15) is 0 Å². The number of rotatable bonds is 4. The molecule has 2 aliphatic heterocycles. The fourth-order valence-electron chi connectivity index (χ4n) is 3.79. The molecule has 4 rings (SSSR count). The lowest BCUT2D eigenvalue weighted by atomic mass is 10.1. The summed E-state index contributed by atoms with van der Waals surface area (Å²) in [5.41, 5.74) is 1.11. The number of nitrogens with zero attached hydrogens (tertiary/aromatic N) is 3. The van der Waals surface area contributed by atoms with Crippen LogP contribution in [0.2, 0.25) is 0 Å². The number of likely N-dealkylation sites (tertiary alicyclic amines) is 1. The Balaban J connectivity index is 1.41. The van der Waals surface area contributed by atoms with E-state index in [1.807, 2.05) is 6.07 Å². The highest BCUT2D eigenvalue weighted by Crippen LogP contribution is 2.28. The van der Waals surface area contributed by atoms with Crippen LogP contribution in [0.25, 0.3) is 0 Å². The zero-order valence-electron chi connectivity index (χ0n) is 15.1. The highest BCUT2D eigenvalue weighted by atomic mass is 16.5. The van der Waals surface area contributed by atoms with Gasteiger partial charge in [-0.25, -0.2) is 0 Å². The van der Waals surface area contributed by atoms with Crippen molar-refractivity contribution in [3.63, 3.8) is 0 Å². The second-order valence-corrected chi connectivity index (χ2v) is 7.42. The minimum atomic E-state index is 0.228.